The monoisotopic (exact) mass is 417 g/mol. The summed E-state index contributed by atoms with van der Waals surface area (Å²) in [7, 11) is -3.46. The second-order valence-electron chi connectivity index (χ2n) is 7.25. The Morgan fingerprint density at radius 2 is 1.89 bits per heavy atom. The van der Waals surface area contributed by atoms with E-state index in [1.54, 1.807) is 43.2 Å². The van der Waals surface area contributed by atoms with Crippen molar-refractivity contribution in [3.8, 4) is 0 Å². The third-order valence-corrected chi connectivity index (χ3v) is 7.19. The molecule has 1 aromatic heterocycles. The van der Waals surface area contributed by atoms with Crippen molar-refractivity contribution in [3.05, 3.63) is 17.5 Å². The number of carbonyl (C=O) groups excluding carboxylic acids is 2. The maximum absolute atomic E-state index is 12.5. The lowest BCUT2D eigenvalue weighted by molar-refractivity contribution is -0.132. The van der Waals surface area contributed by atoms with Crippen LogP contribution < -0.4 is 5.32 Å². The Kier molecular flexibility index (Phi) is 7.24. The summed E-state index contributed by atoms with van der Waals surface area (Å²) in [5, 5.41) is 4.36. The number of thiophene rings is 1. The van der Waals surface area contributed by atoms with Crippen LogP contribution >= 0.6 is 11.3 Å². The molecule has 8 nitrogen and oxygen atoms in total. The molecule has 1 N–H and O–H groups in total. The van der Waals surface area contributed by atoms with Crippen molar-refractivity contribution in [2.24, 2.45) is 0 Å². The van der Waals surface area contributed by atoms with Crippen molar-refractivity contribution in [1.29, 1.82) is 0 Å². The summed E-state index contributed by atoms with van der Waals surface area (Å²) in [4.78, 5) is 25.5. The van der Waals surface area contributed by atoms with Gasteiger partial charge < -0.3 is 15.0 Å². The molecule has 2 rings (SSSR count). The van der Waals surface area contributed by atoms with Gasteiger partial charge in [0.2, 0.25) is 5.91 Å². The first kappa shape index (κ1) is 21.6. The van der Waals surface area contributed by atoms with E-state index in [0.717, 1.165) is 0 Å². The maximum atomic E-state index is 12.5. The van der Waals surface area contributed by atoms with E-state index in [4.69, 9.17) is 4.74 Å². The Labute approximate surface area is 164 Å². The highest BCUT2D eigenvalue weighted by atomic mass is 32.2. The molecule has 0 aliphatic carbocycles. The van der Waals surface area contributed by atoms with Crippen LogP contribution in [0.1, 0.15) is 33.6 Å². The van der Waals surface area contributed by atoms with Gasteiger partial charge in [-0.15, -0.1) is 11.3 Å². The predicted octanol–water partition coefficient (Wildman–Crippen LogP) is 1.89. The van der Waals surface area contributed by atoms with Gasteiger partial charge in [-0.05, 0) is 38.6 Å². The molecule has 1 aliphatic rings. The van der Waals surface area contributed by atoms with Crippen LogP contribution in [0.5, 0.6) is 0 Å². The number of nitrogens with one attached hydrogen (secondary N) is 1. The summed E-state index contributed by atoms with van der Waals surface area (Å²) >= 11 is 1.19. The van der Waals surface area contributed by atoms with Crippen LogP contribution in [0.2, 0.25) is 0 Å². The number of ether oxygens (including phenoxy) is 1. The molecule has 0 radical (unpaired) electrons. The summed E-state index contributed by atoms with van der Waals surface area (Å²) in [5.74, 6) is -0.0332. The summed E-state index contributed by atoms with van der Waals surface area (Å²) in [6.07, 6.45) is 0.307. The van der Waals surface area contributed by atoms with Gasteiger partial charge >= 0.3 is 6.09 Å². The quantitative estimate of drug-likeness (QED) is 0.713. The highest BCUT2D eigenvalue weighted by Crippen LogP contribution is 2.22. The molecule has 0 unspecified atom stereocenters. The molecule has 0 bridgehead atoms. The van der Waals surface area contributed by atoms with Gasteiger partial charge in [-0.1, -0.05) is 6.07 Å². The standard InChI is InChI=1S/C17H27N3O5S2/c1-17(2,3)25-16(22)18-8-4-6-14(21)19-9-11-20(12-10-19)27(23,24)15-7-5-13-26-15/h5,7,13H,4,6,8-12H2,1-3H3,(H,18,22). The highest BCUT2D eigenvalue weighted by Gasteiger charge is 2.30. The largest absolute Gasteiger partial charge is 0.444 e. The lowest BCUT2D eigenvalue weighted by Crippen LogP contribution is -2.50. The normalized spacial score (nSPS) is 16.2. The van der Waals surface area contributed by atoms with E-state index in [-0.39, 0.29) is 5.91 Å². The van der Waals surface area contributed by atoms with Gasteiger partial charge in [0.25, 0.3) is 10.0 Å². The molecule has 2 heterocycles. The van der Waals surface area contributed by atoms with E-state index in [1.165, 1.54) is 15.6 Å². The van der Waals surface area contributed by atoms with Gasteiger partial charge in [0.1, 0.15) is 9.81 Å². The van der Waals surface area contributed by atoms with Crippen LogP contribution in [0.25, 0.3) is 0 Å². The minimum atomic E-state index is -3.46. The van der Waals surface area contributed by atoms with Crippen LogP contribution in [-0.4, -0.2) is 67.9 Å². The summed E-state index contributed by atoms with van der Waals surface area (Å²) < 4.78 is 31.8. The van der Waals surface area contributed by atoms with Crippen molar-refractivity contribution < 1.29 is 22.7 Å². The van der Waals surface area contributed by atoms with Crippen molar-refractivity contribution in [2.45, 2.75) is 43.4 Å². The van der Waals surface area contributed by atoms with Crippen molar-refractivity contribution >= 4 is 33.4 Å². The van der Waals surface area contributed by atoms with Gasteiger partial charge in [-0.25, -0.2) is 13.2 Å². The minimum absolute atomic E-state index is 0.0332. The van der Waals surface area contributed by atoms with E-state index in [0.29, 0.717) is 49.8 Å². The lowest BCUT2D eigenvalue weighted by Gasteiger charge is -2.33. The second-order valence-corrected chi connectivity index (χ2v) is 10.4. The second kappa shape index (κ2) is 9.03. The molecule has 0 atom stereocenters. The van der Waals surface area contributed by atoms with Crippen LogP contribution in [-0.2, 0) is 19.6 Å². The first-order valence-corrected chi connectivity index (χ1v) is 11.2. The zero-order valence-corrected chi connectivity index (χ0v) is 17.6. The molecule has 27 heavy (non-hydrogen) atoms. The number of hydrogen-bond donors (Lipinski definition) is 1. The van der Waals surface area contributed by atoms with Gasteiger partial charge in [0.05, 0.1) is 0 Å². The topological polar surface area (TPSA) is 96.0 Å². The molecule has 0 aromatic carbocycles. The molecular formula is C17H27N3O5S2. The third kappa shape index (κ3) is 6.47. The zero-order chi connectivity index (χ0) is 20.1. The van der Waals surface area contributed by atoms with Crippen LogP contribution in [0, 0.1) is 0 Å². The fourth-order valence-electron chi connectivity index (χ4n) is 2.62. The number of rotatable bonds is 6. The molecule has 152 valence electrons. The number of nitrogens with zero attached hydrogens (tertiary/aromatic N) is 2. The molecule has 1 aliphatic heterocycles. The van der Waals surface area contributed by atoms with E-state index < -0.39 is 21.7 Å². The van der Waals surface area contributed by atoms with Gasteiger partial charge in [-0.3, -0.25) is 4.79 Å². The molecular weight excluding hydrogens is 390 g/mol. The van der Waals surface area contributed by atoms with E-state index in [1.807, 2.05) is 0 Å². The average molecular weight is 418 g/mol. The van der Waals surface area contributed by atoms with Crippen molar-refractivity contribution in [1.82, 2.24) is 14.5 Å². The number of amides is 2. The number of sulfonamides is 1. The van der Waals surface area contributed by atoms with E-state index in [2.05, 4.69) is 5.32 Å². The Morgan fingerprint density at radius 1 is 1.22 bits per heavy atom. The summed E-state index contributed by atoms with van der Waals surface area (Å²) in [5.41, 5.74) is -0.553. The third-order valence-electron chi connectivity index (χ3n) is 3.92. The van der Waals surface area contributed by atoms with Gasteiger partial charge in [0, 0.05) is 39.1 Å². The molecule has 0 spiro atoms. The van der Waals surface area contributed by atoms with E-state index in [9.17, 15) is 18.0 Å². The smallest absolute Gasteiger partial charge is 0.407 e. The Balaban J connectivity index is 1.70. The Hall–Kier alpha value is -1.65. The number of piperazine rings is 1. The Morgan fingerprint density at radius 3 is 2.44 bits per heavy atom. The molecule has 0 saturated carbocycles. The van der Waals surface area contributed by atoms with E-state index >= 15 is 0 Å². The first-order chi connectivity index (χ1) is 12.6. The fraction of sp³-hybridized carbons (Fsp3) is 0.647. The summed E-state index contributed by atoms with van der Waals surface area (Å²) in [6, 6.07) is 3.30. The fourth-order valence-corrected chi connectivity index (χ4v) is 5.18. The molecule has 1 fully saturated rings. The number of carbonyl (C=O) groups is 2. The van der Waals surface area contributed by atoms with Crippen LogP contribution in [0.3, 0.4) is 0 Å². The van der Waals surface area contributed by atoms with Crippen molar-refractivity contribution in [3.63, 3.8) is 0 Å². The maximum Gasteiger partial charge on any atom is 0.407 e. The Bertz CT molecular complexity index is 733. The summed E-state index contributed by atoms with van der Waals surface area (Å²) in [6.45, 7) is 7.06. The highest BCUT2D eigenvalue weighted by molar-refractivity contribution is 7.91. The molecule has 10 heteroatoms. The predicted molar refractivity (Wildman–Crippen MR) is 103 cm³/mol. The SMILES string of the molecule is CC(C)(C)OC(=O)NCCCC(=O)N1CCN(S(=O)(=O)c2cccs2)CC1. The lowest BCUT2D eigenvalue weighted by atomic mass is 10.2. The molecule has 2 amide bonds. The zero-order valence-electron chi connectivity index (χ0n) is 15.9. The molecule has 1 saturated heterocycles. The van der Waals surface area contributed by atoms with Gasteiger partial charge in [0.15, 0.2) is 0 Å². The number of alkyl carbamates (subject to hydrolysis) is 1. The van der Waals surface area contributed by atoms with Crippen LogP contribution in [0.15, 0.2) is 21.7 Å². The minimum Gasteiger partial charge on any atom is -0.444 e. The average Bonchev–Trinajstić information content (AvgIpc) is 3.12. The van der Waals surface area contributed by atoms with Crippen molar-refractivity contribution in [2.75, 3.05) is 32.7 Å². The van der Waals surface area contributed by atoms with Crippen LogP contribution in [0.4, 0.5) is 4.79 Å². The van der Waals surface area contributed by atoms with Gasteiger partial charge in [-0.2, -0.15) is 4.31 Å². The first-order valence-electron chi connectivity index (χ1n) is 8.88. The number of hydrogen-bond acceptors (Lipinski definition) is 6. The molecule has 1 aromatic rings.